The van der Waals surface area contributed by atoms with Gasteiger partial charge in [0.2, 0.25) is 5.88 Å². The van der Waals surface area contributed by atoms with Crippen molar-refractivity contribution < 1.29 is 9.13 Å². The van der Waals surface area contributed by atoms with Gasteiger partial charge in [0.25, 0.3) is 0 Å². The largest absolute Gasteiger partial charge is 0.439 e. The Labute approximate surface area is 124 Å². The molecule has 0 radical (unpaired) electrons. The van der Waals surface area contributed by atoms with Crippen molar-refractivity contribution in [2.24, 2.45) is 0 Å². The van der Waals surface area contributed by atoms with Crippen LogP contribution in [0.25, 0.3) is 0 Å². The molecule has 0 saturated heterocycles. The standard InChI is InChI=1S/C14H12BrClFNO/c1-2-12-3-9(8-16)4-14(18-12)19-13-6-10(15)5-11(17)7-13/h3-7H,2,8H2,1H3. The fourth-order valence-corrected chi connectivity index (χ4v) is 2.24. The number of hydrogen-bond acceptors (Lipinski definition) is 2. The van der Waals surface area contributed by atoms with Crippen LogP contribution in [0.1, 0.15) is 18.2 Å². The highest BCUT2D eigenvalue weighted by atomic mass is 79.9. The molecular formula is C14H12BrClFNO. The Balaban J connectivity index is 2.31. The van der Waals surface area contributed by atoms with Gasteiger partial charge in [-0.2, -0.15) is 0 Å². The molecule has 0 atom stereocenters. The molecule has 0 unspecified atom stereocenters. The van der Waals surface area contributed by atoms with Crippen molar-refractivity contribution in [3.8, 4) is 11.6 Å². The Morgan fingerprint density at radius 2 is 2.05 bits per heavy atom. The van der Waals surface area contributed by atoms with E-state index >= 15 is 0 Å². The number of hydrogen-bond donors (Lipinski definition) is 0. The molecule has 2 nitrogen and oxygen atoms in total. The van der Waals surface area contributed by atoms with Gasteiger partial charge in [-0.25, -0.2) is 9.37 Å². The van der Waals surface area contributed by atoms with E-state index in [9.17, 15) is 4.39 Å². The smallest absolute Gasteiger partial charge is 0.219 e. The first-order chi connectivity index (χ1) is 9.10. The Morgan fingerprint density at radius 1 is 1.26 bits per heavy atom. The first kappa shape index (κ1) is 14.3. The lowest BCUT2D eigenvalue weighted by atomic mass is 10.2. The van der Waals surface area contributed by atoms with E-state index in [-0.39, 0.29) is 5.82 Å². The van der Waals surface area contributed by atoms with E-state index in [1.165, 1.54) is 12.1 Å². The summed E-state index contributed by atoms with van der Waals surface area (Å²) < 4.78 is 19.5. The number of aryl methyl sites for hydroxylation is 1. The summed E-state index contributed by atoms with van der Waals surface area (Å²) >= 11 is 9.05. The summed E-state index contributed by atoms with van der Waals surface area (Å²) in [6.45, 7) is 2.00. The van der Waals surface area contributed by atoms with Crippen LogP contribution in [0.15, 0.2) is 34.8 Å². The van der Waals surface area contributed by atoms with E-state index in [1.54, 1.807) is 12.1 Å². The van der Waals surface area contributed by atoms with Crippen LogP contribution >= 0.6 is 27.5 Å². The number of aromatic nitrogens is 1. The van der Waals surface area contributed by atoms with Crippen LogP contribution in [-0.2, 0) is 12.3 Å². The zero-order valence-corrected chi connectivity index (χ0v) is 12.6. The van der Waals surface area contributed by atoms with Crippen LogP contribution in [0.3, 0.4) is 0 Å². The Kier molecular flexibility index (Phi) is 4.77. The normalized spacial score (nSPS) is 10.5. The third-order valence-electron chi connectivity index (χ3n) is 2.49. The maximum absolute atomic E-state index is 13.3. The van der Waals surface area contributed by atoms with Gasteiger partial charge in [-0.05, 0) is 30.2 Å². The molecular weight excluding hydrogens is 333 g/mol. The predicted molar refractivity (Wildman–Crippen MR) is 77.3 cm³/mol. The molecule has 5 heteroatoms. The molecule has 19 heavy (non-hydrogen) atoms. The average molecular weight is 345 g/mol. The van der Waals surface area contributed by atoms with Gasteiger partial charge in [-0.3, -0.25) is 0 Å². The topological polar surface area (TPSA) is 22.1 Å². The molecule has 0 bridgehead atoms. The van der Waals surface area contributed by atoms with Crippen molar-refractivity contribution in [3.63, 3.8) is 0 Å². The van der Waals surface area contributed by atoms with E-state index in [4.69, 9.17) is 16.3 Å². The van der Waals surface area contributed by atoms with Gasteiger partial charge in [0.15, 0.2) is 0 Å². The van der Waals surface area contributed by atoms with Crippen molar-refractivity contribution in [1.82, 2.24) is 4.98 Å². The van der Waals surface area contributed by atoms with Crippen molar-refractivity contribution in [2.75, 3.05) is 0 Å². The van der Waals surface area contributed by atoms with Gasteiger partial charge in [0.1, 0.15) is 11.6 Å². The molecule has 0 spiro atoms. The van der Waals surface area contributed by atoms with E-state index in [1.807, 2.05) is 13.0 Å². The highest BCUT2D eigenvalue weighted by Crippen LogP contribution is 2.26. The molecule has 0 aliphatic carbocycles. The molecule has 0 amide bonds. The van der Waals surface area contributed by atoms with Crippen molar-refractivity contribution in [1.29, 1.82) is 0 Å². The monoisotopic (exact) mass is 343 g/mol. The maximum atomic E-state index is 13.3. The second-order valence-electron chi connectivity index (χ2n) is 4.00. The van der Waals surface area contributed by atoms with Crippen LogP contribution in [0.5, 0.6) is 11.6 Å². The molecule has 0 N–H and O–H groups in total. The lowest BCUT2D eigenvalue weighted by Gasteiger charge is -2.08. The fraction of sp³-hybridized carbons (Fsp3) is 0.214. The molecule has 0 aliphatic heterocycles. The van der Waals surface area contributed by atoms with E-state index in [0.717, 1.165) is 17.7 Å². The summed E-state index contributed by atoms with van der Waals surface area (Å²) in [4.78, 5) is 4.34. The van der Waals surface area contributed by atoms with Gasteiger partial charge >= 0.3 is 0 Å². The number of nitrogens with zero attached hydrogens (tertiary/aromatic N) is 1. The van der Waals surface area contributed by atoms with Gasteiger partial charge < -0.3 is 4.74 Å². The van der Waals surface area contributed by atoms with Gasteiger partial charge in [-0.1, -0.05) is 22.9 Å². The highest BCUT2D eigenvalue weighted by molar-refractivity contribution is 9.10. The third-order valence-corrected chi connectivity index (χ3v) is 3.26. The minimum atomic E-state index is -0.367. The number of alkyl halides is 1. The first-order valence-electron chi connectivity index (χ1n) is 5.80. The quantitative estimate of drug-likeness (QED) is 0.722. The molecule has 1 aromatic carbocycles. The maximum Gasteiger partial charge on any atom is 0.219 e. The fourth-order valence-electron chi connectivity index (χ4n) is 1.64. The van der Waals surface area contributed by atoms with Gasteiger partial charge in [0.05, 0.1) is 0 Å². The lowest BCUT2D eigenvalue weighted by molar-refractivity contribution is 0.455. The average Bonchev–Trinajstić information content (AvgIpc) is 2.37. The van der Waals surface area contributed by atoms with E-state index in [0.29, 0.717) is 22.0 Å². The molecule has 2 rings (SSSR count). The molecule has 0 fully saturated rings. The summed E-state index contributed by atoms with van der Waals surface area (Å²) in [6.07, 6.45) is 0.786. The molecule has 2 aromatic rings. The zero-order chi connectivity index (χ0) is 13.8. The van der Waals surface area contributed by atoms with Crippen molar-refractivity contribution >= 4 is 27.5 Å². The van der Waals surface area contributed by atoms with Crippen LogP contribution in [0.4, 0.5) is 4.39 Å². The lowest BCUT2D eigenvalue weighted by Crippen LogP contribution is -1.95. The number of benzene rings is 1. The zero-order valence-electron chi connectivity index (χ0n) is 10.3. The predicted octanol–water partition coefficient (Wildman–Crippen LogP) is 5.08. The molecule has 0 aliphatic rings. The van der Waals surface area contributed by atoms with Crippen LogP contribution in [0.2, 0.25) is 0 Å². The minimum Gasteiger partial charge on any atom is -0.439 e. The SMILES string of the molecule is CCc1cc(CCl)cc(Oc2cc(F)cc(Br)c2)n1. The van der Waals surface area contributed by atoms with E-state index < -0.39 is 0 Å². The second-order valence-corrected chi connectivity index (χ2v) is 5.18. The Morgan fingerprint density at radius 3 is 2.68 bits per heavy atom. The summed E-state index contributed by atoms with van der Waals surface area (Å²) in [6, 6.07) is 8.05. The second kappa shape index (κ2) is 6.35. The highest BCUT2D eigenvalue weighted by Gasteiger charge is 2.06. The van der Waals surface area contributed by atoms with E-state index in [2.05, 4.69) is 20.9 Å². The summed E-state index contributed by atoms with van der Waals surface area (Å²) in [5.74, 6) is 0.841. The van der Waals surface area contributed by atoms with Crippen molar-refractivity contribution in [2.45, 2.75) is 19.2 Å². The number of rotatable bonds is 4. The molecule has 1 heterocycles. The molecule has 1 aromatic heterocycles. The summed E-state index contributed by atoms with van der Waals surface area (Å²) in [7, 11) is 0. The first-order valence-corrected chi connectivity index (χ1v) is 7.13. The third kappa shape index (κ3) is 3.91. The Hall–Kier alpha value is -1.13. The minimum absolute atomic E-state index is 0.367. The van der Waals surface area contributed by atoms with Crippen molar-refractivity contribution in [3.05, 3.63) is 51.9 Å². The van der Waals surface area contributed by atoms with Gasteiger partial charge in [0, 0.05) is 28.2 Å². The van der Waals surface area contributed by atoms with Crippen LogP contribution in [-0.4, -0.2) is 4.98 Å². The number of halogens is 3. The number of pyridine rings is 1. The van der Waals surface area contributed by atoms with Crippen LogP contribution in [0, 0.1) is 5.82 Å². The summed E-state index contributed by atoms with van der Waals surface area (Å²) in [5.41, 5.74) is 1.82. The van der Waals surface area contributed by atoms with Crippen LogP contribution < -0.4 is 4.74 Å². The molecule has 100 valence electrons. The summed E-state index contributed by atoms with van der Waals surface area (Å²) in [5, 5.41) is 0. The Bertz CT molecular complexity index is 549. The van der Waals surface area contributed by atoms with Gasteiger partial charge in [-0.15, -0.1) is 11.6 Å². The molecule has 0 saturated carbocycles. The number of ether oxygens (including phenoxy) is 1.